The van der Waals surface area contributed by atoms with Gasteiger partial charge in [0.05, 0.1) is 12.7 Å². The Labute approximate surface area is 57.9 Å². The minimum Gasteiger partial charge on any atom is -0.394 e. The largest absolute Gasteiger partial charge is 0.762 e. The van der Waals surface area contributed by atoms with Gasteiger partial charge in [-0.2, -0.15) is 0 Å². The van der Waals surface area contributed by atoms with Gasteiger partial charge < -0.3 is 10.2 Å². The summed E-state index contributed by atoms with van der Waals surface area (Å²) in [6, 6.07) is 0. The minimum atomic E-state index is -3.67. The van der Waals surface area contributed by atoms with Crippen LogP contribution in [-0.2, 0) is 0 Å². The van der Waals surface area contributed by atoms with E-state index in [1.165, 1.54) is 0 Å². The number of rotatable bonds is 2. The van der Waals surface area contributed by atoms with E-state index in [-0.39, 0.29) is 6.61 Å². The number of hydrogen-bond acceptors (Lipinski definition) is 2. The molecule has 0 fully saturated rings. The molecule has 10 heavy (non-hydrogen) atoms. The molecule has 62 valence electrons. The SMILES string of the molecule is CCC(O)CO.FB(F)F. The van der Waals surface area contributed by atoms with Crippen molar-refractivity contribution >= 4 is 7.54 Å². The van der Waals surface area contributed by atoms with Gasteiger partial charge in [0.2, 0.25) is 0 Å². The second-order valence-electron chi connectivity index (χ2n) is 1.49. The standard InChI is InChI=1S/C4H10O2.BF3/c1-2-4(6)3-5;2-1(3)4/h4-6H,2-3H2,1H3;. The molecule has 0 aromatic rings. The highest BCUT2D eigenvalue weighted by Crippen LogP contribution is 1.83. The van der Waals surface area contributed by atoms with Gasteiger partial charge in [0.1, 0.15) is 0 Å². The van der Waals surface area contributed by atoms with Gasteiger partial charge in [-0.1, -0.05) is 6.92 Å². The fraction of sp³-hybridized carbons (Fsp3) is 1.00. The van der Waals surface area contributed by atoms with Crippen LogP contribution in [0.1, 0.15) is 13.3 Å². The Bertz CT molecular complexity index is 57.7. The van der Waals surface area contributed by atoms with Crippen molar-refractivity contribution < 1.29 is 23.2 Å². The summed E-state index contributed by atoms with van der Waals surface area (Å²) in [6.07, 6.45) is 0.126. The lowest BCUT2D eigenvalue weighted by molar-refractivity contribution is 0.0923. The van der Waals surface area contributed by atoms with Crippen LogP contribution >= 0.6 is 0 Å². The van der Waals surface area contributed by atoms with Crippen LogP contribution in [0.4, 0.5) is 12.9 Å². The third-order valence-electron chi connectivity index (χ3n) is 0.682. The summed E-state index contributed by atoms with van der Waals surface area (Å²) in [7, 11) is -3.67. The third kappa shape index (κ3) is 25.0. The van der Waals surface area contributed by atoms with Crippen LogP contribution in [0.25, 0.3) is 0 Å². The molecule has 1 unspecified atom stereocenters. The summed E-state index contributed by atoms with van der Waals surface area (Å²) in [6.45, 7) is 1.71. The first kappa shape index (κ1) is 12.5. The summed E-state index contributed by atoms with van der Waals surface area (Å²) in [5, 5.41) is 16.5. The molecule has 0 heterocycles. The maximum atomic E-state index is 9.67. The van der Waals surface area contributed by atoms with E-state index in [4.69, 9.17) is 10.2 Å². The molecule has 0 aliphatic heterocycles. The van der Waals surface area contributed by atoms with Crippen molar-refractivity contribution in [1.82, 2.24) is 0 Å². The highest BCUT2D eigenvalue weighted by molar-refractivity contribution is 6.33. The third-order valence-corrected chi connectivity index (χ3v) is 0.682. The van der Waals surface area contributed by atoms with Gasteiger partial charge in [-0.05, 0) is 6.42 Å². The van der Waals surface area contributed by atoms with Crippen molar-refractivity contribution in [1.29, 1.82) is 0 Å². The second kappa shape index (κ2) is 8.77. The quantitative estimate of drug-likeness (QED) is 0.578. The molecule has 1 atom stereocenters. The zero-order valence-corrected chi connectivity index (χ0v) is 5.60. The predicted octanol–water partition coefficient (Wildman–Crippen LogP) is 0.629. The molecular weight excluding hydrogens is 148 g/mol. The van der Waals surface area contributed by atoms with E-state index in [0.717, 1.165) is 0 Å². The number of aliphatic hydroxyl groups is 2. The lowest BCUT2D eigenvalue weighted by Gasteiger charge is -1.97. The highest BCUT2D eigenvalue weighted by atomic mass is 19.4. The predicted molar refractivity (Wildman–Crippen MR) is 32.5 cm³/mol. The monoisotopic (exact) mass is 158 g/mol. The van der Waals surface area contributed by atoms with Gasteiger partial charge in [-0.3, -0.25) is 12.9 Å². The molecule has 0 bridgehead atoms. The average Bonchev–Trinajstić information content (AvgIpc) is 1.85. The van der Waals surface area contributed by atoms with Crippen LogP contribution in [0.2, 0.25) is 0 Å². The molecule has 0 aromatic carbocycles. The zero-order valence-electron chi connectivity index (χ0n) is 5.60. The van der Waals surface area contributed by atoms with Crippen molar-refractivity contribution in [3.8, 4) is 0 Å². The molecule has 0 aliphatic carbocycles. The van der Waals surface area contributed by atoms with E-state index in [1.54, 1.807) is 0 Å². The molecule has 0 spiro atoms. The van der Waals surface area contributed by atoms with Gasteiger partial charge in [-0.15, -0.1) is 0 Å². The molecule has 0 amide bonds. The van der Waals surface area contributed by atoms with Gasteiger partial charge in [0.15, 0.2) is 0 Å². The highest BCUT2D eigenvalue weighted by Gasteiger charge is 2.06. The molecule has 0 rings (SSSR count). The van der Waals surface area contributed by atoms with Crippen molar-refractivity contribution in [3.63, 3.8) is 0 Å². The average molecular weight is 158 g/mol. The molecule has 0 saturated heterocycles. The van der Waals surface area contributed by atoms with Crippen molar-refractivity contribution in [2.24, 2.45) is 0 Å². The number of hydrogen-bond donors (Lipinski definition) is 2. The van der Waals surface area contributed by atoms with E-state index in [2.05, 4.69) is 0 Å². The van der Waals surface area contributed by atoms with Crippen LogP contribution in [0, 0.1) is 0 Å². The Morgan fingerprint density at radius 2 is 1.70 bits per heavy atom. The molecule has 2 nitrogen and oxygen atoms in total. The van der Waals surface area contributed by atoms with Gasteiger partial charge in [0, 0.05) is 0 Å². The smallest absolute Gasteiger partial charge is 0.394 e. The Morgan fingerprint density at radius 3 is 1.70 bits per heavy atom. The molecular formula is C4H10BF3O2. The lowest BCUT2D eigenvalue weighted by atomic mass is 10.3. The Morgan fingerprint density at radius 1 is 1.40 bits per heavy atom. The van der Waals surface area contributed by atoms with Crippen LogP contribution in [0.3, 0.4) is 0 Å². The Balaban J connectivity index is 0. The molecule has 2 N–H and O–H groups in total. The van der Waals surface area contributed by atoms with Crippen LogP contribution < -0.4 is 0 Å². The first-order chi connectivity index (χ1) is 4.54. The van der Waals surface area contributed by atoms with Crippen molar-refractivity contribution in [2.75, 3.05) is 6.61 Å². The minimum absolute atomic E-state index is 0.115. The van der Waals surface area contributed by atoms with E-state index in [0.29, 0.717) is 6.42 Å². The van der Waals surface area contributed by atoms with Gasteiger partial charge in [0.25, 0.3) is 0 Å². The normalized spacial score (nSPS) is 11.4. The summed E-state index contributed by atoms with van der Waals surface area (Å²) in [5.74, 6) is 0. The molecule has 0 saturated carbocycles. The van der Waals surface area contributed by atoms with E-state index < -0.39 is 13.6 Å². The Hall–Kier alpha value is -0.225. The molecule has 0 aromatic heterocycles. The summed E-state index contributed by atoms with van der Waals surface area (Å²) < 4.78 is 29.0. The summed E-state index contributed by atoms with van der Waals surface area (Å²) in [4.78, 5) is 0. The maximum absolute atomic E-state index is 9.67. The zero-order chi connectivity index (χ0) is 8.57. The van der Waals surface area contributed by atoms with Crippen LogP contribution in [0.5, 0.6) is 0 Å². The summed E-state index contributed by atoms with van der Waals surface area (Å²) in [5.41, 5.74) is 0. The van der Waals surface area contributed by atoms with Crippen molar-refractivity contribution in [3.05, 3.63) is 0 Å². The van der Waals surface area contributed by atoms with Crippen LogP contribution in [0.15, 0.2) is 0 Å². The van der Waals surface area contributed by atoms with E-state index in [1.807, 2.05) is 6.92 Å². The molecule has 6 heteroatoms. The lowest BCUT2D eigenvalue weighted by Crippen LogP contribution is -2.08. The van der Waals surface area contributed by atoms with Gasteiger partial charge >= 0.3 is 7.54 Å². The first-order valence-electron chi connectivity index (χ1n) is 2.75. The topological polar surface area (TPSA) is 40.5 Å². The van der Waals surface area contributed by atoms with E-state index >= 15 is 0 Å². The fourth-order valence-corrected chi connectivity index (χ4v) is 0.129. The molecule has 0 aliphatic rings. The number of halogens is 3. The second-order valence-corrected chi connectivity index (χ2v) is 1.49. The van der Waals surface area contributed by atoms with Crippen LogP contribution in [-0.4, -0.2) is 30.5 Å². The first-order valence-corrected chi connectivity index (χ1v) is 2.75. The number of aliphatic hydroxyl groups excluding tert-OH is 2. The van der Waals surface area contributed by atoms with E-state index in [9.17, 15) is 12.9 Å². The van der Waals surface area contributed by atoms with Gasteiger partial charge in [-0.25, -0.2) is 0 Å². The van der Waals surface area contributed by atoms with Crippen molar-refractivity contribution in [2.45, 2.75) is 19.4 Å². The maximum Gasteiger partial charge on any atom is 0.762 e. The fourth-order valence-electron chi connectivity index (χ4n) is 0.129. The summed E-state index contributed by atoms with van der Waals surface area (Å²) >= 11 is 0. The Kier molecular flexibility index (Phi) is 10.9. The molecule has 0 radical (unpaired) electrons.